The number of benzene rings is 2. The average Bonchev–Trinajstić information content (AvgIpc) is 2.96. The third-order valence-corrected chi connectivity index (χ3v) is 4.11. The summed E-state index contributed by atoms with van der Waals surface area (Å²) in [5, 5.41) is 2.75. The molecule has 0 unspecified atom stereocenters. The van der Waals surface area contributed by atoms with E-state index >= 15 is 0 Å². The molecular formula is C20H20NOS+. The molecule has 1 aliphatic heterocycles. The highest BCUT2D eigenvalue weighted by Gasteiger charge is 2.20. The second kappa shape index (κ2) is 7.36. The van der Waals surface area contributed by atoms with Crippen LogP contribution in [0.25, 0.3) is 5.76 Å². The van der Waals surface area contributed by atoms with E-state index in [9.17, 15) is 0 Å². The van der Waals surface area contributed by atoms with Crippen LogP contribution in [0.4, 0.5) is 0 Å². The fraction of sp³-hybridized carbons (Fsp3) is 0.150. The Labute approximate surface area is 142 Å². The van der Waals surface area contributed by atoms with E-state index < -0.39 is 0 Å². The second-order valence-corrected chi connectivity index (χ2v) is 6.12. The molecule has 0 fully saturated rings. The van der Waals surface area contributed by atoms with Crippen LogP contribution in [0.1, 0.15) is 18.1 Å². The molecule has 0 radical (unpaired) electrons. The van der Waals surface area contributed by atoms with Crippen molar-refractivity contribution in [2.24, 2.45) is 0 Å². The topological polar surface area (TPSA) is 25.8 Å². The van der Waals surface area contributed by atoms with Crippen LogP contribution < -0.4 is 5.32 Å². The van der Waals surface area contributed by atoms with Gasteiger partial charge < -0.3 is 10.1 Å². The molecule has 0 aliphatic carbocycles. The minimum atomic E-state index is 0.446. The Morgan fingerprint density at radius 2 is 1.70 bits per heavy atom. The zero-order chi connectivity index (χ0) is 16.1. The number of quaternary nitrogens is 1. The van der Waals surface area contributed by atoms with Gasteiger partial charge in [-0.1, -0.05) is 60.7 Å². The second-order valence-electron chi connectivity index (χ2n) is 5.75. The average molecular weight is 322 g/mol. The molecule has 2 N–H and O–H groups in total. The van der Waals surface area contributed by atoms with Gasteiger partial charge >= 0.3 is 0 Å². The summed E-state index contributed by atoms with van der Waals surface area (Å²) in [5.41, 5.74) is 3.37. The normalized spacial score (nSPS) is 17.0. The summed E-state index contributed by atoms with van der Waals surface area (Å²) in [6.45, 7) is 2.21. The first-order chi connectivity index (χ1) is 11.2. The molecular weight excluding hydrogens is 302 g/mol. The van der Waals surface area contributed by atoms with Crippen molar-refractivity contribution < 1.29 is 10.1 Å². The molecule has 2 nitrogen and oxygen atoms in total. The predicted molar refractivity (Wildman–Crippen MR) is 97.7 cm³/mol. The number of hydrogen-bond acceptors (Lipinski definition) is 2. The van der Waals surface area contributed by atoms with E-state index in [1.165, 1.54) is 5.56 Å². The first-order valence-electron chi connectivity index (χ1n) is 7.81. The van der Waals surface area contributed by atoms with Crippen molar-refractivity contribution in [2.45, 2.75) is 19.4 Å². The lowest BCUT2D eigenvalue weighted by Crippen LogP contribution is -2.84. The third-order valence-electron chi connectivity index (χ3n) is 3.79. The van der Waals surface area contributed by atoms with Crippen LogP contribution in [0.15, 0.2) is 78.5 Å². The van der Waals surface area contributed by atoms with Gasteiger partial charge in [-0.3, -0.25) is 0 Å². The van der Waals surface area contributed by atoms with Gasteiger partial charge in [-0.05, 0) is 30.8 Å². The summed E-state index contributed by atoms with van der Waals surface area (Å²) in [6, 6.07) is 21.0. The Morgan fingerprint density at radius 1 is 1.04 bits per heavy atom. The minimum Gasteiger partial charge on any atom is -0.444 e. The molecule has 0 amide bonds. The zero-order valence-electron chi connectivity index (χ0n) is 13.1. The molecule has 1 heterocycles. The Balaban J connectivity index is 1.65. The van der Waals surface area contributed by atoms with Crippen molar-refractivity contribution in [2.75, 3.05) is 0 Å². The summed E-state index contributed by atoms with van der Waals surface area (Å²) in [5.74, 6) is 0.825. The lowest BCUT2D eigenvalue weighted by molar-refractivity contribution is -0.622. The lowest BCUT2D eigenvalue weighted by Gasteiger charge is -2.07. The summed E-state index contributed by atoms with van der Waals surface area (Å²) < 4.78 is 5.71. The number of thiocarbonyl (C=S) groups is 1. The third kappa shape index (κ3) is 4.15. The molecule has 2 aromatic rings. The molecule has 0 saturated heterocycles. The highest BCUT2D eigenvalue weighted by Crippen LogP contribution is 2.26. The number of ether oxygens (including phenoxy) is 1. The van der Waals surface area contributed by atoms with Crippen molar-refractivity contribution in [1.29, 1.82) is 0 Å². The van der Waals surface area contributed by atoms with E-state index in [4.69, 9.17) is 17.0 Å². The fourth-order valence-electron chi connectivity index (χ4n) is 2.57. The van der Waals surface area contributed by atoms with Gasteiger partial charge in [-0.25, -0.2) is 0 Å². The Bertz CT molecular complexity index is 735. The van der Waals surface area contributed by atoms with Crippen molar-refractivity contribution in [3.8, 4) is 0 Å². The van der Waals surface area contributed by atoms with Gasteiger partial charge in [0.15, 0.2) is 0 Å². The summed E-state index contributed by atoms with van der Waals surface area (Å²) in [4.78, 5) is 0. The molecule has 3 heteroatoms. The van der Waals surface area contributed by atoms with Gasteiger partial charge in [-0.15, -0.1) is 0 Å². The van der Waals surface area contributed by atoms with Gasteiger partial charge in [0.05, 0.1) is 11.6 Å². The van der Waals surface area contributed by atoms with E-state index in [2.05, 4.69) is 42.7 Å². The lowest BCUT2D eigenvalue weighted by atomic mass is 10.1. The zero-order valence-corrected chi connectivity index (χ0v) is 13.9. The van der Waals surface area contributed by atoms with Crippen LogP contribution in [0.2, 0.25) is 0 Å². The largest absolute Gasteiger partial charge is 0.444 e. The number of rotatable bonds is 5. The summed E-state index contributed by atoms with van der Waals surface area (Å²) in [6.07, 6.45) is 5.11. The maximum atomic E-state index is 5.71. The molecule has 0 saturated carbocycles. The first-order valence-corrected chi connectivity index (χ1v) is 8.21. The van der Waals surface area contributed by atoms with Gasteiger partial charge in [0, 0.05) is 12.0 Å². The van der Waals surface area contributed by atoms with Gasteiger partial charge in [-0.2, -0.15) is 0 Å². The van der Waals surface area contributed by atoms with E-state index in [-0.39, 0.29) is 0 Å². The quantitative estimate of drug-likeness (QED) is 0.674. The molecule has 3 rings (SSSR count). The van der Waals surface area contributed by atoms with Crippen molar-refractivity contribution in [3.05, 3.63) is 89.6 Å². The van der Waals surface area contributed by atoms with Crippen molar-refractivity contribution in [1.82, 2.24) is 0 Å². The molecule has 0 bridgehead atoms. The van der Waals surface area contributed by atoms with Gasteiger partial charge in [0.2, 0.25) is 5.05 Å². The van der Waals surface area contributed by atoms with Crippen molar-refractivity contribution >= 4 is 23.0 Å². The first kappa shape index (κ1) is 15.7. The van der Waals surface area contributed by atoms with Crippen LogP contribution in [0, 0.1) is 0 Å². The van der Waals surface area contributed by atoms with Gasteiger partial charge in [0.25, 0.3) is 0 Å². The molecule has 23 heavy (non-hydrogen) atoms. The smallest absolute Gasteiger partial charge is 0.203 e. The summed E-state index contributed by atoms with van der Waals surface area (Å²) >= 11 is 5.34. The van der Waals surface area contributed by atoms with Gasteiger partial charge in [0.1, 0.15) is 12.0 Å². The van der Waals surface area contributed by atoms with E-state index in [0.29, 0.717) is 11.1 Å². The van der Waals surface area contributed by atoms with Crippen LogP contribution in [-0.2, 0) is 11.2 Å². The predicted octanol–water partition coefficient (Wildman–Crippen LogP) is 3.46. The maximum absolute atomic E-state index is 5.71. The summed E-state index contributed by atoms with van der Waals surface area (Å²) in [7, 11) is 0. The Morgan fingerprint density at radius 3 is 2.39 bits per heavy atom. The van der Waals surface area contributed by atoms with Crippen LogP contribution in [0.5, 0.6) is 0 Å². The molecule has 1 aliphatic rings. The SMILES string of the molecule is C[C@@H](Cc1ccccc1)[NH2+]/C=C1\C=C(c2ccccc2)OC1=S. The van der Waals surface area contributed by atoms with E-state index in [1.54, 1.807) is 0 Å². The van der Waals surface area contributed by atoms with E-state index in [0.717, 1.165) is 23.3 Å². The molecule has 116 valence electrons. The highest BCUT2D eigenvalue weighted by molar-refractivity contribution is 7.80. The maximum Gasteiger partial charge on any atom is 0.203 e. The van der Waals surface area contributed by atoms with Crippen LogP contribution in [0.3, 0.4) is 0 Å². The Kier molecular flexibility index (Phi) is 5.01. The van der Waals surface area contributed by atoms with E-state index in [1.807, 2.05) is 42.5 Å². The highest BCUT2D eigenvalue weighted by atomic mass is 32.1. The number of nitrogens with two attached hydrogens (primary N) is 1. The molecule has 1 atom stereocenters. The Hall–Kier alpha value is -2.23. The fourth-order valence-corrected chi connectivity index (χ4v) is 2.79. The minimum absolute atomic E-state index is 0.446. The number of hydrogen-bond donors (Lipinski definition) is 1. The standard InChI is InChI=1S/C20H19NOS/c1-15(12-16-8-4-2-5-9-16)21-14-18-13-19(22-20(18)23)17-10-6-3-7-11-17/h2-11,13-15,21H,12H2,1H3/p+1/b18-14+/t15-/m0/s1. The monoisotopic (exact) mass is 322 g/mol. The van der Waals surface area contributed by atoms with Crippen LogP contribution in [-0.4, -0.2) is 11.1 Å². The van der Waals surface area contributed by atoms with Crippen LogP contribution >= 0.6 is 12.2 Å². The molecule has 2 aromatic carbocycles. The molecule has 0 aromatic heterocycles. The molecule has 0 spiro atoms. The van der Waals surface area contributed by atoms with Crippen molar-refractivity contribution in [3.63, 3.8) is 0 Å².